The Labute approximate surface area is 192 Å². The summed E-state index contributed by atoms with van der Waals surface area (Å²) in [7, 11) is 1.55. The molecule has 1 heterocycles. The maximum Gasteiger partial charge on any atom is 0.207 e. The fourth-order valence-corrected chi connectivity index (χ4v) is 4.97. The fourth-order valence-electron chi connectivity index (χ4n) is 3.75. The molecule has 3 rings (SSSR count). The molecule has 2 aromatic rings. The largest absolute Gasteiger partial charge is 0.496 e. The molecule has 0 saturated heterocycles. The average molecular weight is 461 g/mol. The van der Waals surface area contributed by atoms with Crippen molar-refractivity contribution in [2.45, 2.75) is 70.4 Å². The van der Waals surface area contributed by atoms with Crippen molar-refractivity contribution in [3.63, 3.8) is 0 Å². The van der Waals surface area contributed by atoms with E-state index in [1.807, 2.05) is 10.8 Å². The van der Waals surface area contributed by atoms with E-state index in [1.165, 1.54) is 0 Å². The molecular formula is C23H29ClN4O2S. The van der Waals surface area contributed by atoms with Crippen molar-refractivity contribution in [2.75, 3.05) is 7.11 Å². The van der Waals surface area contributed by atoms with Gasteiger partial charge in [0.1, 0.15) is 5.75 Å². The lowest BCUT2D eigenvalue weighted by molar-refractivity contribution is -0.0120. The van der Waals surface area contributed by atoms with Crippen LogP contribution in [0.2, 0.25) is 5.02 Å². The van der Waals surface area contributed by atoms with E-state index in [2.05, 4.69) is 32.0 Å². The summed E-state index contributed by atoms with van der Waals surface area (Å²) in [4.78, 5) is 10.5. The predicted octanol–water partition coefficient (Wildman–Crippen LogP) is 5.03. The van der Waals surface area contributed by atoms with Gasteiger partial charge in [-0.2, -0.15) is 15.2 Å². The number of hydrogen-bond acceptors (Lipinski definition) is 5. The summed E-state index contributed by atoms with van der Waals surface area (Å²) in [6.45, 7) is 6.90. The zero-order chi connectivity index (χ0) is 22.6. The topological polar surface area (TPSA) is 82.9 Å². The number of thiazole rings is 1. The van der Waals surface area contributed by atoms with Crippen LogP contribution in [-0.2, 0) is 12.0 Å². The molecule has 1 fully saturated rings. The third-order valence-electron chi connectivity index (χ3n) is 5.47. The monoisotopic (exact) mass is 460 g/mol. The second-order valence-corrected chi connectivity index (χ2v) is 10.5. The van der Waals surface area contributed by atoms with Gasteiger partial charge >= 0.3 is 0 Å². The van der Waals surface area contributed by atoms with Crippen LogP contribution in [0.15, 0.2) is 34.4 Å². The van der Waals surface area contributed by atoms with Crippen molar-refractivity contribution in [1.29, 1.82) is 5.26 Å². The lowest BCUT2D eigenvalue weighted by atomic mass is 9.85. The Morgan fingerprint density at radius 1 is 1.32 bits per heavy atom. The van der Waals surface area contributed by atoms with Crippen LogP contribution in [0.25, 0.3) is 0 Å². The zero-order valence-electron chi connectivity index (χ0n) is 18.5. The number of ether oxygens (including phenoxy) is 1. The van der Waals surface area contributed by atoms with Crippen LogP contribution in [0.4, 0.5) is 0 Å². The number of amidine groups is 1. The van der Waals surface area contributed by atoms with Gasteiger partial charge in [0.25, 0.3) is 0 Å². The highest BCUT2D eigenvalue weighted by molar-refractivity contribution is 7.09. The van der Waals surface area contributed by atoms with E-state index in [1.54, 1.807) is 36.6 Å². The molecule has 1 saturated carbocycles. The summed E-state index contributed by atoms with van der Waals surface area (Å²) < 4.78 is 7.44. The van der Waals surface area contributed by atoms with Gasteiger partial charge in [-0.25, -0.2) is 0 Å². The number of nitriles is 1. The molecule has 0 radical (unpaired) electrons. The molecular weight excluding hydrogens is 432 g/mol. The van der Waals surface area contributed by atoms with Gasteiger partial charge in [0.15, 0.2) is 10.6 Å². The number of benzene rings is 1. The first-order valence-electron chi connectivity index (χ1n) is 10.4. The molecule has 0 bridgehead atoms. The molecule has 0 unspecified atom stereocenters. The molecule has 1 aromatic carbocycles. The zero-order valence-corrected chi connectivity index (χ0v) is 20.1. The van der Waals surface area contributed by atoms with Crippen LogP contribution < -0.4 is 9.54 Å². The average Bonchev–Trinajstić information content (AvgIpc) is 3.10. The van der Waals surface area contributed by atoms with E-state index in [9.17, 15) is 10.4 Å². The Hall–Kier alpha value is -2.14. The van der Waals surface area contributed by atoms with Crippen LogP contribution in [0, 0.1) is 11.5 Å². The Bertz CT molecular complexity index is 1070. The second kappa shape index (κ2) is 9.56. The predicted molar refractivity (Wildman–Crippen MR) is 125 cm³/mol. The second-order valence-electron chi connectivity index (χ2n) is 9.03. The summed E-state index contributed by atoms with van der Waals surface area (Å²) in [5, 5.41) is 21.0. The number of rotatable bonds is 4. The van der Waals surface area contributed by atoms with Gasteiger partial charge in [0, 0.05) is 16.1 Å². The molecule has 0 spiro atoms. The smallest absolute Gasteiger partial charge is 0.207 e. The quantitative estimate of drug-likeness (QED) is 0.394. The van der Waals surface area contributed by atoms with Crippen molar-refractivity contribution < 1.29 is 9.84 Å². The standard InChI is InChI=1S/C23H29ClN4O2S/c1-22(2,3)19-13-28(14-23(29)10-6-5-7-11-23)21(31-19)27-20(26-15-25)17-12-16(24)8-9-18(17)30-4/h8-9,12-13,29H,5-7,10-11,14H2,1-4H3. The minimum Gasteiger partial charge on any atom is -0.496 e. The number of hydrogen-bond donors (Lipinski definition) is 1. The van der Waals surface area contributed by atoms with Gasteiger partial charge in [0.2, 0.25) is 6.19 Å². The first-order chi connectivity index (χ1) is 14.6. The highest BCUT2D eigenvalue weighted by Gasteiger charge is 2.31. The van der Waals surface area contributed by atoms with E-state index in [0.29, 0.717) is 27.7 Å². The molecule has 166 valence electrons. The normalized spacial score (nSPS) is 17.5. The number of aliphatic hydroxyl groups is 1. The van der Waals surface area contributed by atoms with Crippen molar-refractivity contribution in [2.24, 2.45) is 9.98 Å². The Morgan fingerprint density at radius 3 is 2.65 bits per heavy atom. The minimum absolute atomic E-state index is 0.0738. The number of nitrogens with zero attached hydrogens (tertiary/aromatic N) is 4. The van der Waals surface area contributed by atoms with Gasteiger partial charge in [0.05, 0.1) is 24.8 Å². The van der Waals surface area contributed by atoms with Gasteiger partial charge < -0.3 is 14.4 Å². The molecule has 6 nitrogen and oxygen atoms in total. The Balaban J connectivity index is 2.14. The molecule has 31 heavy (non-hydrogen) atoms. The van der Waals surface area contributed by atoms with Crippen molar-refractivity contribution in [1.82, 2.24) is 4.57 Å². The summed E-state index contributed by atoms with van der Waals surface area (Å²) in [5.74, 6) is 0.765. The molecule has 1 aliphatic carbocycles. The number of methoxy groups -OCH3 is 1. The fraction of sp³-hybridized carbons (Fsp3) is 0.522. The SMILES string of the molecule is COc1ccc(Cl)cc1C(=NC#N)N=c1sc(C(C)(C)C)cn1CC1(O)CCCCC1. The van der Waals surface area contributed by atoms with Gasteiger partial charge in [-0.1, -0.05) is 51.6 Å². The van der Waals surface area contributed by atoms with E-state index >= 15 is 0 Å². The van der Waals surface area contributed by atoms with Crippen molar-refractivity contribution in [3.8, 4) is 11.9 Å². The van der Waals surface area contributed by atoms with Gasteiger partial charge in [-0.3, -0.25) is 0 Å². The Morgan fingerprint density at radius 2 is 2.03 bits per heavy atom. The Kier molecular flexibility index (Phi) is 7.25. The molecule has 1 aliphatic rings. The molecule has 1 aromatic heterocycles. The van der Waals surface area contributed by atoms with Crippen LogP contribution in [0.1, 0.15) is 63.3 Å². The maximum absolute atomic E-state index is 11.2. The molecule has 0 aliphatic heterocycles. The van der Waals surface area contributed by atoms with Crippen LogP contribution in [0.5, 0.6) is 5.75 Å². The van der Waals surface area contributed by atoms with E-state index in [4.69, 9.17) is 21.3 Å². The number of halogens is 1. The number of aliphatic imine (C=N–C) groups is 1. The third-order valence-corrected chi connectivity index (χ3v) is 7.15. The van der Waals surface area contributed by atoms with Crippen molar-refractivity contribution >= 4 is 28.8 Å². The first kappa shape index (κ1) is 23.5. The van der Waals surface area contributed by atoms with E-state index in [0.717, 1.165) is 37.0 Å². The van der Waals surface area contributed by atoms with Crippen LogP contribution in [0.3, 0.4) is 0 Å². The highest BCUT2D eigenvalue weighted by Crippen LogP contribution is 2.31. The summed E-state index contributed by atoms with van der Waals surface area (Å²) in [6.07, 6.45) is 8.69. The first-order valence-corrected chi connectivity index (χ1v) is 11.6. The summed E-state index contributed by atoms with van der Waals surface area (Å²) in [6, 6.07) is 5.14. The van der Waals surface area contributed by atoms with Gasteiger partial charge in [-0.15, -0.1) is 11.3 Å². The van der Waals surface area contributed by atoms with Crippen LogP contribution in [-0.4, -0.2) is 28.2 Å². The number of aromatic nitrogens is 1. The van der Waals surface area contributed by atoms with Crippen molar-refractivity contribution in [3.05, 3.63) is 44.7 Å². The van der Waals surface area contributed by atoms with Gasteiger partial charge in [-0.05, 0) is 36.5 Å². The molecule has 1 N–H and O–H groups in total. The molecule has 8 heteroatoms. The minimum atomic E-state index is -0.746. The van der Waals surface area contributed by atoms with E-state index in [-0.39, 0.29) is 11.3 Å². The highest BCUT2D eigenvalue weighted by atomic mass is 35.5. The maximum atomic E-state index is 11.2. The lowest BCUT2D eigenvalue weighted by Crippen LogP contribution is -2.38. The molecule has 0 amide bonds. The van der Waals surface area contributed by atoms with Crippen LogP contribution >= 0.6 is 22.9 Å². The summed E-state index contributed by atoms with van der Waals surface area (Å²) in [5.41, 5.74) is -0.274. The van der Waals surface area contributed by atoms with E-state index < -0.39 is 5.60 Å². The third kappa shape index (κ3) is 5.76. The summed E-state index contributed by atoms with van der Waals surface area (Å²) >= 11 is 7.73. The lowest BCUT2D eigenvalue weighted by Gasteiger charge is -2.32. The molecule has 0 atom stereocenters.